The molecule has 132 valence electrons. The van der Waals surface area contributed by atoms with Gasteiger partial charge in [0.05, 0.1) is 4.88 Å². The molecule has 2 atom stereocenters. The average Bonchev–Trinajstić information content (AvgIpc) is 3.05. The van der Waals surface area contributed by atoms with Crippen LogP contribution >= 0.6 is 11.3 Å². The van der Waals surface area contributed by atoms with Crippen molar-refractivity contribution in [3.8, 4) is 0 Å². The van der Waals surface area contributed by atoms with Crippen LogP contribution in [0.5, 0.6) is 0 Å². The zero-order valence-electron chi connectivity index (χ0n) is 13.9. The first-order valence-corrected chi connectivity index (χ1v) is 8.21. The van der Waals surface area contributed by atoms with Gasteiger partial charge in [-0.15, -0.1) is 11.3 Å². The minimum atomic E-state index is -1.17. The molecule has 0 aliphatic carbocycles. The summed E-state index contributed by atoms with van der Waals surface area (Å²) in [5, 5.41) is 8.59. The summed E-state index contributed by atoms with van der Waals surface area (Å²) in [5.74, 6) is -2.12. The van der Waals surface area contributed by atoms with Crippen molar-refractivity contribution >= 4 is 35.2 Å². The fourth-order valence-corrected chi connectivity index (χ4v) is 2.32. The van der Waals surface area contributed by atoms with Gasteiger partial charge < -0.3 is 15.4 Å². The smallest absolute Gasteiger partial charge is 0.329 e. The number of hydrogen-bond donors (Lipinski definition) is 3. The third kappa shape index (κ3) is 5.65. The van der Waals surface area contributed by atoms with Crippen molar-refractivity contribution in [2.75, 3.05) is 7.05 Å². The highest BCUT2D eigenvalue weighted by Gasteiger charge is 2.29. The third-order valence-corrected chi connectivity index (χ3v) is 3.95. The van der Waals surface area contributed by atoms with Gasteiger partial charge in [-0.05, 0) is 24.3 Å². The van der Waals surface area contributed by atoms with Crippen LogP contribution in [0.25, 0.3) is 0 Å². The fraction of sp³-hybridized carbons (Fsp3) is 0.467. The molecule has 0 unspecified atom stereocenters. The lowest BCUT2D eigenvalue weighted by atomic mass is 10.0. The number of amides is 4. The molecule has 0 fully saturated rings. The lowest BCUT2D eigenvalue weighted by Crippen LogP contribution is -2.48. The largest absolute Gasteiger partial charge is 0.451 e. The normalized spacial score (nSPS) is 12.9. The molecule has 1 aromatic rings. The molecule has 24 heavy (non-hydrogen) atoms. The molecule has 0 saturated carbocycles. The van der Waals surface area contributed by atoms with Crippen LogP contribution in [0.2, 0.25) is 0 Å². The van der Waals surface area contributed by atoms with E-state index in [1.54, 1.807) is 31.4 Å². The molecule has 9 heteroatoms. The lowest BCUT2D eigenvalue weighted by Gasteiger charge is -2.22. The maximum atomic E-state index is 12.2. The van der Waals surface area contributed by atoms with Gasteiger partial charge in [-0.1, -0.05) is 19.9 Å². The second-order valence-electron chi connectivity index (χ2n) is 5.32. The van der Waals surface area contributed by atoms with E-state index >= 15 is 0 Å². The zero-order valence-corrected chi connectivity index (χ0v) is 14.7. The minimum Gasteiger partial charge on any atom is -0.451 e. The Morgan fingerprint density at radius 1 is 1.17 bits per heavy atom. The van der Waals surface area contributed by atoms with E-state index in [2.05, 4.69) is 10.6 Å². The van der Waals surface area contributed by atoms with E-state index in [9.17, 15) is 19.2 Å². The first kappa shape index (κ1) is 19.6. The highest BCUT2D eigenvalue weighted by Crippen LogP contribution is 2.11. The highest BCUT2D eigenvalue weighted by molar-refractivity contribution is 7.12. The van der Waals surface area contributed by atoms with Gasteiger partial charge in [-0.3, -0.25) is 14.9 Å². The number of imide groups is 1. The summed E-state index contributed by atoms with van der Waals surface area (Å²) in [6, 6.07) is 1.76. The number of ether oxygens (including phenoxy) is 1. The Kier molecular flexibility index (Phi) is 7.37. The van der Waals surface area contributed by atoms with Gasteiger partial charge in [-0.2, -0.15) is 0 Å². The summed E-state index contributed by atoms with van der Waals surface area (Å²) >= 11 is 1.25. The van der Waals surface area contributed by atoms with E-state index in [-0.39, 0.29) is 11.8 Å². The molecule has 4 amide bonds. The molecule has 0 radical (unpaired) electrons. The Bertz CT molecular complexity index is 600. The molecule has 0 bridgehead atoms. The number of rotatable bonds is 6. The molecule has 0 aliphatic heterocycles. The van der Waals surface area contributed by atoms with Gasteiger partial charge >= 0.3 is 12.0 Å². The molecule has 1 rings (SSSR count). The summed E-state index contributed by atoms with van der Waals surface area (Å²) in [5.41, 5.74) is 0. The Balaban J connectivity index is 2.68. The fourth-order valence-electron chi connectivity index (χ4n) is 1.69. The summed E-state index contributed by atoms with van der Waals surface area (Å²) in [7, 11) is 1.36. The van der Waals surface area contributed by atoms with Crippen LogP contribution < -0.4 is 16.0 Å². The molecule has 0 aliphatic rings. The number of carbonyl (C=O) groups excluding carboxylic acids is 4. The Morgan fingerprint density at radius 3 is 2.33 bits per heavy atom. The molecule has 1 heterocycles. The predicted molar refractivity (Wildman–Crippen MR) is 88.6 cm³/mol. The summed E-state index contributed by atoms with van der Waals surface area (Å²) in [6.45, 7) is 4.83. The van der Waals surface area contributed by atoms with Crippen LogP contribution in [0.3, 0.4) is 0 Å². The second kappa shape index (κ2) is 9.02. The molecule has 1 aromatic heterocycles. The van der Waals surface area contributed by atoms with E-state index in [4.69, 9.17) is 4.74 Å². The van der Waals surface area contributed by atoms with Crippen molar-refractivity contribution in [1.82, 2.24) is 16.0 Å². The van der Waals surface area contributed by atoms with Gasteiger partial charge in [0, 0.05) is 7.05 Å². The van der Waals surface area contributed by atoms with E-state index in [0.717, 1.165) is 0 Å². The molecule has 8 nitrogen and oxygen atoms in total. The van der Waals surface area contributed by atoms with E-state index < -0.39 is 30.1 Å². The molecule has 0 aromatic carbocycles. The number of hydrogen-bond acceptors (Lipinski definition) is 6. The van der Waals surface area contributed by atoms with Crippen LogP contribution in [-0.4, -0.2) is 43.0 Å². The SMILES string of the molecule is CNC(=O)NC(=O)[C@@H](C)OC(=O)[C@@H](NC(=O)c1cccs1)C(C)C. The van der Waals surface area contributed by atoms with Gasteiger partial charge in [0.25, 0.3) is 11.8 Å². The highest BCUT2D eigenvalue weighted by atomic mass is 32.1. The van der Waals surface area contributed by atoms with Crippen molar-refractivity contribution in [3.05, 3.63) is 22.4 Å². The summed E-state index contributed by atoms with van der Waals surface area (Å²) in [4.78, 5) is 47.6. The number of carbonyl (C=O) groups is 4. The Morgan fingerprint density at radius 2 is 1.83 bits per heavy atom. The van der Waals surface area contributed by atoms with Gasteiger partial charge in [0.1, 0.15) is 6.04 Å². The summed E-state index contributed by atoms with van der Waals surface area (Å²) in [6.07, 6.45) is -1.17. The van der Waals surface area contributed by atoms with Crippen LogP contribution in [0.4, 0.5) is 4.79 Å². The average molecular weight is 355 g/mol. The first-order chi connectivity index (χ1) is 11.3. The Labute approximate surface area is 143 Å². The van der Waals surface area contributed by atoms with Crippen molar-refractivity contribution in [1.29, 1.82) is 0 Å². The van der Waals surface area contributed by atoms with Crippen molar-refractivity contribution in [2.45, 2.75) is 32.9 Å². The van der Waals surface area contributed by atoms with Crippen molar-refractivity contribution in [3.63, 3.8) is 0 Å². The zero-order chi connectivity index (χ0) is 18.3. The quantitative estimate of drug-likeness (QED) is 0.656. The van der Waals surface area contributed by atoms with E-state index in [0.29, 0.717) is 4.88 Å². The van der Waals surface area contributed by atoms with Gasteiger partial charge in [0.2, 0.25) is 0 Å². The minimum absolute atomic E-state index is 0.240. The van der Waals surface area contributed by atoms with Crippen molar-refractivity contribution < 1.29 is 23.9 Å². The van der Waals surface area contributed by atoms with Crippen LogP contribution in [0.1, 0.15) is 30.4 Å². The number of urea groups is 1. The maximum absolute atomic E-state index is 12.2. The third-order valence-electron chi connectivity index (χ3n) is 3.08. The van der Waals surface area contributed by atoms with Crippen LogP contribution in [-0.2, 0) is 14.3 Å². The van der Waals surface area contributed by atoms with Gasteiger partial charge in [0.15, 0.2) is 6.10 Å². The standard InChI is InChI=1S/C15H21N3O5S/c1-8(2)11(17-13(20)10-6-5-7-24-10)14(21)23-9(3)12(19)18-15(22)16-4/h5-9,11H,1-4H3,(H,17,20)(H2,16,18,19,22)/t9-,11+/m1/s1. The van der Waals surface area contributed by atoms with Crippen LogP contribution in [0.15, 0.2) is 17.5 Å². The van der Waals surface area contributed by atoms with E-state index in [1.807, 2.05) is 5.32 Å². The monoisotopic (exact) mass is 355 g/mol. The second-order valence-corrected chi connectivity index (χ2v) is 6.27. The Hall–Kier alpha value is -2.42. The first-order valence-electron chi connectivity index (χ1n) is 7.33. The number of thiophene rings is 1. The molecular formula is C15H21N3O5S. The van der Waals surface area contributed by atoms with Crippen LogP contribution in [0, 0.1) is 5.92 Å². The maximum Gasteiger partial charge on any atom is 0.329 e. The molecule has 3 N–H and O–H groups in total. The molecule has 0 saturated heterocycles. The van der Waals surface area contributed by atoms with Crippen molar-refractivity contribution in [2.24, 2.45) is 5.92 Å². The lowest BCUT2D eigenvalue weighted by molar-refractivity contribution is -0.157. The van der Waals surface area contributed by atoms with E-state index in [1.165, 1.54) is 25.3 Å². The predicted octanol–water partition coefficient (Wildman–Crippen LogP) is 0.890. The number of nitrogens with one attached hydrogen (secondary N) is 3. The molecule has 0 spiro atoms. The molecular weight excluding hydrogens is 334 g/mol. The van der Waals surface area contributed by atoms with Gasteiger partial charge in [-0.25, -0.2) is 9.59 Å². The number of esters is 1. The summed E-state index contributed by atoms with van der Waals surface area (Å²) < 4.78 is 5.06. The topological polar surface area (TPSA) is 114 Å².